The molecule has 0 unspecified atom stereocenters. The first-order valence-electron chi connectivity index (χ1n) is 10.8. The van der Waals surface area contributed by atoms with Crippen molar-refractivity contribution in [3.63, 3.8) is 0 Å². The van der Waals surface area contributed by atoms with Gasteiger partial charge < -0.3 is 20.9 Å². The minimum Gasteiger partial charge on any atom is -0.346 e. The highest BCUT2D eigenvalue weighted by molar-refractivity contribution is 6.01. The van der Waals surface area contributed by atoms with E-state index in [0.29, 0.717) is 11.4 Å². The average molecular weight is 523 g/mol. The number of pyridine rings is 1. The van der Waals surface area contributed by atoms with Crippen LogP contribution in [0.1, 0.15) is 5.56 Å². The Morgan fingerprint density at radius 3 is 2.45 bits per heavy atom. The molecule has 2 amide bonds. The fourth-order valence-corrected chi connectivity index (χ4v) is 3.60. The molecular formula is C23H16F3N9O3. The molecule has 0 bridgehead atoms. The van der Waals surface area contributed by atoms with Crippen LogP contribution in [0.3, 0.4) is 0 Å². The van der Waals surface area contributed by atoms with Crippen LogP contribution >= 0.6 is 0 Å². The van der Waals surface area contributed by atoms with Gasteiger partial charge in [-0.3, -0.25) is 9.78 Å². The van der Waals surface area contributed by atoms with E-state index in [1.807, 2.05) is 0 Å². The van der Waals surface area contributed by atoms with Gasteiger partial charge in [0.05, 0.1) is 16.9 Å². The first kappa shape index (κ1) is 24.2. The van der Waals surface area contributed by atoms with Crippen molar-refractivity contribution >= 4 is 39.9 Å². The lowest BCUT2D eigenvalue weighted by atomic mass is 10.1. The van der Waals surface area contributed by atoms with Crippen LogP contribution in [0.2, 0.25) is 0 Å². The van der Waals surface area contributed by atoms with Gasteiger partial charge in [0.15, 0.2) is 11.1 Å². The predicted molar refractivity (Wildman–Crippen MR) is 132 cm³/mol. The van der Waals surface area contributed by atoms with Gasteiger partial charge in [-0.05, 0) is 42.5 Å². The Kier molecular flexibility index (Phi) is 6.08. The van der Waals surface area contributed by atoms with E-state index in [1.165, 1.54) is 47.8 Å². The zero-order chi connectivity index (χ0) is 26.9. The first-order valence-corrected chi connectivity index (χ1v) is 10.8. The summed E-state index contributed by atoms with van der Waals surface area (Å²) in [5, 5.41) is 11.9. The van der Waals surface area contributed by atoms with Gasteiger partial charge in [-0.25, -0.2) is 19.3 Å². The van der Waals surface area contributed by atoms with Gasteiger partial charge in [0.2, 0.25) is 0 Å². The zero-order valence-corrected chi connectivity index (χ0v) is 19.0. The fourth-order valence-electron chi connectivity index (χ4n) is 3.60. The van der Waals surface area contributed by atoms with Gasteiger partial charge in [0, 0.05) is 23.6 Å². The highest BCUT2D eigenvalue weighted by Gasteiger charge is 2.31. The smallest absolute Gasteiger partial charge is 0.346 e. The van der Waals surface area contributed by atoms with Crippen molar-refractivity contribution < 1.29 is 18.0 Å². The molecule has 0 saturated heterocycles. The number of alkyl halides is 3. The summed E-state index contributed by atoms with van der Waals surface area (Å²) in [4.78, 5) is 49.4. The molecule has 5 N–H and O–H groups in total. The summed E-state index contributed by atoms with van der Waals surface area (Å²) in [5.41, 5.74) is -1.05. The number of halogens is 3. The maximum atomic E-state index is 13.2. The molecule has 5 aromatic rings. The van der Waals surface area contributed by atoms with Crippen LogP contribution in [0.4, 0.5) is 40.8 Å². The molecule has 2 aromatic carbocycles. The van der Waals surface area contributed by atoms with E-state index >= 15 is 0 Å². The number of aromatic amines is 2. The molecule has 0 atom stereocenters. The monoisotopic (exact) mass is 523 g/mol. The molecule has 192 valence electrons. The minimum atomic E-state index is -4.62. The number of aromatic nitrogens is 6. The Morgan fingerprint density at radius 1 is 0.974 bits per heavy atom. The number of anilines is 4. The number of hydrogen-bond acceptors (Lipinski definition) is 7. The van der Waals surface area contributed by atoms with Gasteiger partial charge in [0.25, 0.3) is 0 Å². The molecule has 0 radical (unpaired) electrons. The summed E-state index contributed by atoms with van der Waals surface area (Å²) >= 11 is 0. The van der Waals surface area contributed by atoms with Gasteiger partial charge in [-0.2, -0.15) is 23.3 Å². The number of carbonyl (C=O) groups is 1. The van der Waals surface area contributed by atoms with Crippen LogP contribution in [-0.4, -0.2) is 35.7 Å². The average Bonchev–Trinajstić information content (AvgIpc) is 3.39. The second-order valence-corrected chi connectivity index (χ2v) is 7.83. The number of fused-ring (bicyclic) bond motifs is 1. The first-order chi connectivity index (χ1) is 18.2. The van der Waals surface area contributed by atoms with Crippen LogP contribution in [0, 0.1) is 0 Å². The molecule has 3 aromatic heterocycles. The highest BCUT2D eigenvalue weighted by atomic mass is 19.4. The summed E-state index contributed by atoms with van der Waals surface area (Å²) in [6, 6.07) is 9.47. The van der Waals surface area contributed by atoms with Crippen molar-refractivity contribution in [2.45, 2.75) is 6.18 Å². The maximum Gasteiger partial charge on any atom is 0.416 e. The number of benzene rings is 2. The molecule has 0 aliphatic heterocycles. The highest BCUT2D eigenvalue weighted by Crippen LogP contribution is 2.33. The van der Waals surface area contributed by atoms with E-state index in [1.54, 1.807) is 12.1 Å². The van der Waals surface area contributed by atoms with E-state index in [2.05, 4.69) is 41.0 Å². The quantitative estimate of drug-likeness (QED) is 0.235. The lowest BCUT2D eigenvalue weighted by molar-refractivity contribution is -0.137. The number of carbonyl (C=O) groups excluding carboxylic acids is 1. The molecule has 0 aliphatic rings. The van der Waals surface area contributed by atoms with E-state index in [-0.39, 0.29) is 33.7 Å². The van der Waals surface area contributed by atoms with Gasteiger partial charge >= 0.3 is 17.9 Å². The van der Waals surface area contributed by atoms with Gasteiger partial charge in [-0.15, -0.1) is 0 Å². The predicted octanol–water partition coefficient (Wildman–Crippen LogP) is 3.60. The van der Waals surface area contributed by atoms with Gasteiger partial charge in [-0.1, -0.05) is 0 Å². The molecule has 5 rings (SSSR count). The topological polar surface area (TPSA) is 162 Å². The SMILES string of the molecule is O=C(Nc1ccc(Nc2[nH]c(=O)nc3[nH]ccc(=O)c23)cc1)Nc1cc(C(F)(F)F)ccc1-n1cncn1. The Hall–Kier alpha value is -5.47. The van der Waals surface area contributed by atoms with Gasteiger partial charge in [0.1, 0.15) is 23.9 Å². The van der Waals surface area contributed by atoms with Crippen molar-refractivity contribution in [1.82, 2.24) is 29.7 Å². The molecule has 3 heterocycles. The van der Waals surface area contributed by atoms with E-state index < -0.39 is 23.5 Å². The summed E-state index contributed by atoms with van der Waals surface area (Å²) in [6.45, 7) is 0. The van der Waals surface area contributed by atoms with Crippen LogP contribution < -0.4 is 27.1 Å². The van der Waals surface area contributed by atoms with Crippen molar-refractivity contribution in [3.8, 4) is 5.69 Å². The zero-order valence-electron chi connectivity index (χ0n) is 19.0. The molecule has 0 fully saturated rings. The molecule has 0 spiro atoms. The normalized spacial score (nSPS) is 11.3. The minimum absolute atomic E-state index is 0.110. The van der Waals surface area contributed by atoms with Crippen molar-refractivity contribution in [3.05, 3.63) is 93.7 Å². The van der Waals surface area contributed by atoms with Crippen LogP contribution in [0.15, 0.2) is 77.0 Å². The number of H-pyrrole nitrogens is 2. The third-order valence-corrected chi connectivity index (χ3v) is 5.28. The van der Waals surface area contributed by atoms with E-state index in [4.69, 9.17) is 0 Å². The van der Waals surface area contributed by atoms with E-state index in [0.717, 1.165) is 12.1 Å². The molecule has 38 heavy (non-hydrogen) atoms. The summed E-state index contributed by atoms with van der Waals surface area (Å²) < 4.78 is 40.9. The van der Waals surface area contributed by atoms with Crippen molar-refractivity contribution in [1.29, 1.82) is 0 Å². The Bertz CT molecular complexity index is 1750. The molecule has 15 heteroatoms. The Morgan fingerprint density at radius 2 is 1.74 bits per heavy atom. The Balaban J connectivity index is 1.34. The van der Waals surface area contributed by atoms with Crippen LogP contribution in [0.25, 0.3) is 16.7 Å². The number of nitrogens with one attached hydrogen (secondary N) is 5. The summed E-state index contributed by atoms with van der Waals surface area (Å²) in [6.07, 6.45) is -0.755. The second-order valence-electron chi connectivity index (χ2n) is 7.83. The third-order valence-electron chi connectivity index (χ3n) is 5.28. The molecule has 0 saturated carbocycles. The van der Waals surface area contributed by atoms with E-state index in [9.17, 15) is 27.6 Å². The van der Waals surface area contributed by atoms with Crippen LogP contribution in [0.5, 0.6) is 0 Å². The summed E-state index contributed by atoms with van der Waals surface area (Å²) in [7, 11) is 0. The lowest BCUT2D eigenvalue weighted by Crippen LogP contribution is -2.21. The largest absolute Gasteiger partial charge is 0.416 e. The number of rotatable bonds is 5. The third kappa shape index (κ3) is 5.06. The number of urea groups is 1. The number of nitrogens with zero attached hydrogens (tertiary/aromatic N) is 4. The van der Waals surface area contributed by atoms with Crippen LogP contribution in [-0.2, 0) is 6.18 Å². The van der Waals surface area contributed by atoms with Crippen molar-refractivity contribution in [2.24, 2.45) is 0 Å². The fraction of sp³-hybridized carbons (Fsp3) is 0.0435. The Labute approximate surface area is 209 Å². The lowest BCUT2D eigenvalue weighted by Gasteiger charge is -2.15. The van der Waals surface area contributed by atoms with Crippen molar-refractivity contribution in [2.75, 3.05) is 16.0 Å². The standard InChI is InChI=1S/C23H16F3N9O3/c24-23(25,26)12-1-6-16(35-11-27-10-29-35)15(9-12)32-21(37)31-14-4-2-13(3-5-14)30-20-18-17(36)7-8-28-19(18)33-22(38)34-20/h1-11H,(H2,31,32,37)(H3,28,30,33,34,36,38). The molecule has 0 aliphatic carbocycles. The second kappa shape index (κ2) is 9.53. The summed E-state index contributed by atoms with van der Waals surface area (Å²) in [5.74, 6) is 0.130. The molecule has 12 nitrogen and oxygen atoms in total. The number of hydrogen-bond donors (Lipinski definition) is 5. The maximum absolute atomic E-state index is 13.2. The molecular weight excluding hydrogens is 507 g/mol. The number of amides is 2.